The van der Waals surface area contributed by atoms with Crippen molar-refractivity contribution < 1.29 is 18.9 Å². The van der Waals surface area contributed by atoms with Gasteiger partial charge in [0.2, 0.25) is 0 Å². The number of nitriles is 2. The van der Waals surface area contributed by atoms with E-state index in [4.69, 9.17) is 18.9 Å². The van der Waals surface area contributed by atoms with Crippen LogP contribution >= 0.6 is 0 Å². The van der Waals surface area contributed by atoms with Gasteiger partial charge in [-0.05, 0) is 94.8 Å². The van der Waals surface area contributed by atoms with Gasteiger partial charge in [-0.3, -0.25) is 0 Å². The van der Waals surface area contributed by atoms with E-state index in [0.29, 0.717) is 35.9 Å². The minimum atomic E-state index is 0.570. The van der Waals surface area contributed by atoms with E-state index in [1.165, 1.54) is 51.4 Å². The van der Waals surface area contributed by atoms with Crippen LogP contribution in [0.1, 0.15) is 135 Å². The highest BCUT2D eigenvalue weighted by atomic mass is 16.5. The molecule has 0 fully saturated rings. The Balaban J connectivity index is 1.42. The molecule has 5 aromatic carbocycles. The van der Waals surface area contributed by atoms with Gasteiger partial charge in [0.05, 0.1) is 50.7 Å². The lowest BCUT2D eigenvalue weighted by Gasteiger charge is -2.16. The third-order valence-corrected chi connectivity index (χ3v) is 11.1. The number of unbranched alkanes of at least 4 members (excludes halogenated alkanes) is 10. The van der Waals surface area contributed by atoms with Crippen LogP contribution in [0.4, 0.5) is 0 Å². The summed E-state index contributed by atoms with van der Waals surface area (Å²) in [5, 5.41) is 19.9. The normalized spacial score (nSPS) is 11.7. The van der Waals surface area contributed by atoms with Gasteiger partial charge >= 0.3 is 0 Å². The van der Waals surface area contributed by atoms with Crippen molar-refractivity contribution in [2.45, 2.75) is 90.9 Å². The quantitative estimate of drug-likeness (QED) is 0.0313. The highest BCUT2D eigenvalue weighted by Crippen LogP contribution is 2.33. The summed E-state index contributed by atoms with van der Waals surface area (Å²) < 4.78 is 23.9. The summed E-state index contributed by atoms with van der Waals surface area (Å²) in [6, 6.07) is 40.4. The highest BCUT2D eigenvalue weighted by molar-refractivity contribution is 5.91. The van der Waals surface area contributed by atoms with Gasteiger partial charge in [0.15, 0.2) is 0 Å². The molecular weight excluding hydrogens is 789 g/mol. The minimum absolute atomic E-state index is 0.570. The molecule has 330 valence electrons. The maximum Gasteiger partial charge on any atom is 0.127 e. The van der Waals surface area contributed by atoms with Crippen LogP contribution < -0.4 is 18.9 Å². The Morgan fingerprint density at radius 3 is 1.20 bits per heavy atom. The predicted octanol–water partition coefficient (Wildman–Crippen LogP) is 15.7. The highest BCUT2D eigenvalue weighted by Gasteiger charge is 2.11. The van der Waals surface area contributed by atoms with E-state index in [9.17, 15) is 10.5 Å². The Labute approximate surface area is 382 Å². The maximum absolute atomic E-state index is 9.95. The van der Waals surface area contributed by atoms with E-state index in [0.717, 1.165) is 81.7 Å². The van der Waals surface area contributed by atoms with E-state index in [1.807, 2.05) is 84.9 Å². The number of rotatable bonds is 26. The fraction of sp³-hybridized carbons (Fsp3) is 0.310. The first-order valence-electron chi connectivity index (χ1n) is 23.0. The zero-order valence-electron chi connectivity index (χ0n) is 38.3. The number of nitrogens with zero attached hydrogens (tertiary/aromatic N) is 2. The average Bonchev–Trinajstić information content (AvgIpc) is 3.34. The van der Waals surface area contributed by atoms with Crippen LogP contribution in [0.3, 0.4) is 0 Å². The molecule has 0 radical (unpaired) electrons. The predicted molar refractivity (Wildman–Crippen MR) is 268 cm³/mol. The standard InChI is InChI=1S/C58H64N2O4/c1-5-7-9-11-13-15-35-63-57-41-52(34-32-46-25-29-48(30-26-46)38-54(44-60)50-20-18-22-56(40-50)62-4)58(64-36-16-14-12-10-8-6-2)42-51(57)33-31-45-23-27-47(28-24-45)37-53(43-59)49-19-17-21-55(39-49)61-3/h17-34,37-42H,5-16,35-36H2,1-4H3/b33-31+,34-32+,53-37+,54-38+. The molecule has 0 saturated heterocycles. The molecule has 6 nitrogen and oxygen atoms in total. The molecule has 0 bridgehead atoms. The Morgan fingerprint density at radius 2 is 0.828 bits per heavy atom. The van der Waals surface area contributed by atoms with Crippen LogP contribution in [0.5, 0.6) is 23.0 Å². The third-order valence-electron chi connectivity index (χ3n) is 11.1. The summed E-state index contributed by atoms with van der Waals surface area (Å²) in [6.07, 6.45) is 26.5. The summed E-state index contributed by atoms with van der Waals surface area (Å²) in [5.41, 5.74) is 8.61. The molecule has 0 saturated carbocycles. The van der Waals surface area contributed by atoms with Crippen molar-refractivity contribution in [3.8, 4) is 35.1 Å². The summed E-state index contributed by atoms with van der Waals surface area (Å²) in [7, 11) is 3.25. The van der Waals surface area contributed by atoms with Crippen LogP contribution in [-0.2, 0) is 0 Å². The van der Waals surface area contributed by atoms with E-state index >= 15 is 0 Å². The average molecular weight is 853 g/mol. The summed E-state index contributed by atoms with van der Waals surface area (Å²) >= 11 is 0. The van der Waals surface area contributed by atoms with Crippen molar-refractivity contribution >= 4 is 47.6 Å². The number of allylic oxidation sites excluding steroid dienone is 2. The van der Waals surface area contributed by atoms with E-state index in [-0.39, 0.29) is 0 Å². The Hall–Kier alpha value is -6.76. The van der Waals surface area contributed by atoms with Gasteiger partial charge in [0.1, 0.15) is 23.0 Å². The SMILES string of the molecule is CCCCCCCCOc1cc(/C=C/c2ccc(/C=C(\C#N)c3cccc(OC)c3)cc2)c(OCCCCCCCC)cc1/C=C/c1ccc(/C=C(\C#N)c2cccc(OC)c2)cc1. The smallest absolute Gasteiger partial charge is 0.127 e. The van der Waals surface area contributed by atoms with Gasteiger partial charge in [-0.2, -0.15) is 10.5 Å². The zero-order valence-corrected chi connectivity index (χ0v) is 38.3. The van der Waals surface area contributed by atoms with Crippen LogP contribution in [0.2, 0.25) is 0 Å². The molecule has 0 aliphatic rings. The van der Waals surface area contributed by atoms with Crippen LogP contribution in [0.25, 0.3) is 47.6 Å². The lowest BCUT2D eigenvalue weighted by atomic mass is 10.0. The molecule has 0 spiro atoms. The summed E-state index contributed by atoms with van der Waals surface area (Å²) in [4.78, 5) is 0. The monoisotopic (exact) mass is 852 g/mol. The number of ether oxygens (including phenoxy) is 4. The van der Waals surface area contributed by atoms with Crippen molar-refractivity contribution in [1.29, 1.82) is 10.5 Å². The number of hydrogen-bond acceptors (Lipinski definition) is 6. The molecule has 0 aliphatic carbocycles. The van der Waals surface area contributed by atoms with E-state index < -0.39 is 0 Å². The van der Waals surface area contributed by atoms with Crippen molar-refractivity contribution in [2.75, 3.05) is 27.4 Å². The largest absolute Gasteiger partial charge is 0.497 e. The molecular formula is C58H64N2O4. The topological polar surface area (TPSA) is 84.5 Å². The molecule has 64 heavy (non-hydrogen) atoms. The van der Waals surface area contributed by atoms with E-state index in [1.54, 1.807) is 14.2 Å². The fourth-order valence-electron chi connectivity index (χ4n) is 7.28. The molecule has 0 amide bonds. The first kappa shape index (κ1) is 48.3. The van der Waals surface area contributed by atoms with Gasteiger partial charge in [0, 0.05) is 11.1 Å². The van der Waals surface area contributed by atoms with Gasteiger partial charge in [-0.15, -0.1) is 0 Å². The van der Waals surface area contributed by atoms with Crippen molar-refractivity contribution in [1.82, 2.24) is 0 Å². The lowest BCUT2D eigenvalue weighted by molar-refractivity contribution is 0.295. The van der Waals surface area contributed by atoms with E-state index in [2.05, 4.69) is 86.7 Å². The Bertz CT molecular complexity index is 2240. The van der Waals surface area contributed by atoms with Crippen LogP contribution in [0, 0.1) is 22.7 Å². The van der Waals surface area contributed by atoms with Crippen molar-refractivity contribution in [3.05, 3.63) is 154 Å². The number of hydrogen-bond donors (Lipinski definition) is 0. The summed E-state index contributed by atoms with van der Waals surface area (Å²) in [6.45, 7) is 5.76. The molecule has 0 aliphatic heterocycles. The summed E-state index contributed by atoms with van der Waals surface area (Å²) in [5.74, 6) is 3.06. The maximum atomic E-state index is 9.95. The second kappa shape index (κ2) is 27.3. The number of benzene rings is 5. The van der Waals surface area contributed by atoms with Crippen LogP contribution in [0.15, 0.2) is 109 Å². The van der Waals surface area contributed by atoms with Crippen molar-refractivity contribution in [3.63, 3.8) is 0 Å². The van der Waals surface area contributed by atoms with Gasteiger partial charge in [0.25, 0.3) is 0 Å². The molecule has 5 aromatic rings. The molecule has 0 heterocycles. The first-order chi connectivity index (χ1) is 31.5. The Morgan fingerprint density at radius 1 is 0.453 bits per heavy atom. The first-order valence-corrected chi connectivity index (χ1v) is 23.0. The van der Waals surface area contributed by atoms with Crippen LogP contribution in [-0.4, -0.2) is 27.4 Å². The minimum Gasteiger partial charge on any atom is -0.497 e. The molecule has 0 atom stereocenters. The second-order valence-corrected chi connectivity index (χ2v) is 16.0. The van der Waals surface area contributed by atoms with Gasteiger partial charge in [-0.1, -0.05) is 175 Å². The molecule has 5 rings (SSSR count). The third kappa shape index (κ3) is 15.9. The molecule has 0 unspecified atom stereocenters. The number of methoxy groups -OCH3 is 2. The molecule has 6 heteroatoms. The Kier molecular flexibility index (Phi) is 20.6. The van der Waals surface area contributed by atoms with Crippen molar-refractivity contribution in [2.24, 2.45) is 0 Å². The zero-order chi connectivity index (χ0) is 45.2. The molecule has 0 aromatic heterocycles. The van der Waals surface area contributed by atoms with Gasteiger partial charge in [-0.25, -0.2) is 0 Å². The lowest BCUT2D eigenvalue weighted by Crippen LogP contribution is -2.03. The van der Waals surface area contributed by atoms with Gasteiger partial charge < -0.3 is 18.9 Å². The fourth-order valence-corrected chi connectivity index (χ4v) is 7.28. The molecule has 0 N–H and O–H groups in total. The second-order valence-electron chi connectivity index (χ2n) is 16.0.